The maximum atomic E-state index is 12.8. The topological polar surface area (TPSA) is 102 Å². The summed E-state index contributed by atoms with van der Waals surface area (Å²) in [6, 6.07) is -0.731. The van der Waals surface area contributed by atoms with Gasteiger partial charge in [-0.1, -0.05) is 202 Å². The van der Waals surface area contributed by atoms with Gasteiger partial charge in [-0.25, -0.2) is 0 Å². The van der Waals surface area contributed by atoms with Gasteiger partial charge in [-0.05, 0) is 83.5 Å². The van der Waals surface area contributed by atoms with Gasteiger partial charge in [0, 0.05) is 19.3 Å². The van der Waals surface area contributed by atoms with Crippen LogP contribution in [0.25, 0.3) is 0 Å². The molecule has 8 nitrogen and oxygen atoms in total. The van der Waals surface area contributed by atoms with Crippen molar-refractivity contribution in [2.24, 2.45) is 0 Å². The predicted octanol–water partition coefficient (Wildman–Crippen LogP) is 14.9. The zero-order chi connectivity index (χ0) is 49.2. The molecule has 0 saturated heterocycles. The van der Waals surface area contributed by atoms with Crippen molar-refractivity contribution < 1.29 is 38.2 Å². The Kier molecular flexibility index (Phi) is 46.8. The van der Waals surface area contributed by atoms with E-state index < -0.39 is 18.1 Å². The average Bonchev–Trinajstić information content (AvgIpc) is 3.29. The number of carbonyl (C=O) groups excluding carboxylic acids is 3. The molecule has 0 amide bonds. The largest absolute Gasteiger partial charge is 0.544 e. The number of quaternary nitrogens is 1. The number of carboxylic acid groups (broad SMARTS) is 1. The molecule has 386 valence electrons. The summed E-state index contributed by atoms with van der Waals surface area (Å²) in [6.45, 7) is 4.54. The maximum Gasteiger partial charge on any atom is 0.306 e. The quantitative estimate of drug-likeness (QED) is 0.0259. The van der Waals surface area contributed by atoms with Gasteiger partial charge in [0.1, 0.15) is 12.6 Å². The fourth-order valence-electron chi connectivity index (χ4n) is 7.86. The lowest BCUT2D eigenvalue weighted by Gasteiger charge is -2.34. The highest BCUT2D eigenvalue weighted by molar-refractivity contribution is 5.70. The zero-order valence-electron chi connectivity index (χ0n) is 44.1. The number of likely N-dealkylation sites (N-methyl/N-ethyl adjacent to an activating group) is 1. The second kappa shape index (κ2) is 49.2. The molecule has 0 spiro atoms. The molecule has 67 heavy (non-hydrogen) atoms. The molecule has 0 N–H and O–H groups in total. The molecular formula is C59H103NO7. The second-order valence-corrected chi connectivity index (χ2v) is 19.4. The zero-order valence-corrected chi connectivity index (χ0v) is 44.1. The minimum atomic E-state index is -1.13. The summed E-state index contributed by atoms with van der Waals surface area (Å²) in [4.78, 5) is 37.1. The highest BCUT2D eigenvalue weighted by atomic mass is 16.6. The Morgan fingerprint density at radius 3 is 1.24 bits per heavy atom. The highest BCUT2D eigenvalue weighted by Crippen LogP contribution is 2.15. The first-order valence-corrected chi connectivity index (χ1v) is 27.5. The van der Waals surface area contributed by atoms with Crippen molar-refractivity contribution in [3.63, 3.8) is 0 Å². The summed E-state index contributed by atoms with van der Waals surface area (Å²) in [5.74, 6) is -1.74. The first-order chi connectivity index (χ1) is 32.6. The summed E-state index contributed by atoms with van der Waals surface area (Å²) < 4.78 is 17.3. The number of nitrogens with zero attached hydrogens (tertiary/aromatic N) is 1. The Morgan fingerprint density at radius 1 is 0.463 bits per heavy atom. The molecular weight excluding hydrogens is 835 g/mol. The molecule has 0 aliphatic rings. The number of hydrogen-bond acceptors (Lipinski definition) is 7. The normalized spacial score (nSPS) is 13.4. The molecule has 8 heteroatoms. The molecule has 0 bridgehead atoms. The number of hydrogen-bond donors (Lipinski definition) is 0. The van der Waals surface area contributed by atoms with E-state index in [1.54, 1.807) is 21.1 Å². The third kappa shape index (κ3) is 47.6. The third-order valence-electron chi connectivity index (χ3n) is 12.1. The first-order valence-electron chi connectivity index (χ1n) is 27.5. The van der Waals surface area contributed by atoms with E-state index in [1.165, 1.54) is 122 Å². The van der Waals surface area contributed by atoms with Gasteiger partial charge in [-0.15, -0.1) is 0 Å². The lowest BCUT2D eigenvalue weighted by atomic mass is 10.0. The van der Waals surface area contributed by atoms with Crippen molar-refractivity contribution in [1.82, 2.24) is 0 Å². The molecule has 0 aromatic rings. The van der Waals surface area contributed by atoms with E-state index in [9.17, 15) is 19.5 Å². The minimum absolute atomic E-state index is 0.0358. The fourth-order valence-corrected chi connectivity index (χ4v) is 7.86. The standard InChI is InChI=1S/C59H103NO7/c1-6-8-10-12-14-16-18-20-22-24-26-28-30-32-34-36-38-40-42-44-46-48-50-58(62)67-55(53-65-52-51-56(59(63)64)60(3,4)5)54-66-57(61)49-47-45-43-41-39-37-35-33-31-29-27-25-23-21-19-17-15-13-11-9-7-2/h9,11,14-17,20-23,26,28,55-56H,6-8,10,12-13,18-19,24-25,27,29-54H2,1-5H3/b11-9+,16-14+,17-15+,22-20+,23-21+,28-26+. The van der Waals surface area contributed by atoms with Crippen LogP contribution in [0.5, 0.6) is 0 Å². The van der Waals surface area contributed by atoms with Crippen LogP contribution in [-0.4, -0.2) is 75.5 Å². The van der Waals surface area contributed by atoms with Crippen LogP contribution in [0.4, 0.5) is 0 Å². The average molecular weight is 938 g/mol. The molecule has 0 aliphatic heterocycles. The van der Waals surface area contributed by atoms with Crippen LogP contribution in [0.2, 0.25) is 0 Å². The van der Waals surface area contributed by atoms with Crippen molar-refractivity contribution in [2.45, 2.75) is 244 Å². The van der Waals surface area contributed by atoms with Crippen LogP contribution in [0.1, 0.15) is 232 Å². The van der Waals surface area contributed by atoms with Crippen LogP contribution in [0.15, 0.2) is 72.9 Å². The first kappa shape index (κ1) is 63.8. The van der Waals surface area contributed by atoms with Crippen LogP contribution in [-0.2, 0) is 28.6 Å². The molecule has 0 fully saturated rings. The number of aliphatic carboxylic acids is 1. The second-order valence-electron chi connectivity index (χ2n) is 19.4. The van der Waals surface area contributed by atoms with Gasteiger partial charge in [-0.2, -0.15) is 0 Å². The Bertz CT molecular complexity index is 1320. The van der Waals surface area contributed by atoms with Gasteiger partial charge in [0.05, 0.1) is 40.3 Å². The van der Waals surface area contributed by atoms with Crippen molar-refractivity contribution in [1.29, 1.82) is 0 Å². The Balaban J connectivity index is 4.22. The van der Waals surface area contributed by atoms with Crippen molar-refractivity contribution in [3.8, 4) is 0 Å². The fraction of sp³-hybridized carbons (Fsp3) is 0.746. The number of carbonyl (C=O) groups is 3. The Labute approximate surface area is 412 Å². The van der Waals surface area contributed by atoms with Gasteiger partial charge in [-0.3, -0.25) is 9.59 Å². The molecule has 2 atom stereocenters. The molecule has 0 aliphatic carbocycles. The van der Waals surface area contributed by atoms with Crippen LogP contribution >= 0.6 is 0 Å². The van der Waals surface area contributed by atoms with Crippen LogP contribution in [0.3, 0.4) is 0 Å². The van der Waals surface area contributed by atoms with Gasteiger partial charge >= 0.3 is 11.9 Å². The summed E-state index contributed by atoms with van der Waals surface area (Å²) in [5.41, 5.74) is 0. The molecule has 0 heterocycles. The van der Waals surface area contributed by atoms with Crippen molar-refractivity contribution >= 4 is 17.9 Å². The number of esters is 2. The lowest BCUT2D eigenvalue weighted by Crippen LogP contribution is -2.55. The number of allylic oxidation sites excluding steroid dienone is 12. The minimum Gasteiger partial charge on any atom is -0.544 e. The Hall–Kier alpha value is -3.23. The van der Waals surface area contributed by atoms with E-state index in [-0.39, 0.29) is 42.7 Å². The van der Waals surface area contributed by atoms with E-state index in [0.29, 0.717) is 12.8 Å². The molecule has 2 unspecified atom stereocenters. The number of carboxylic acids is 1. The highest BCUT2D eigenvalue weighted by Gasteiger charge is 2.25. The van der Waals surface area contributed by atoms with Crippen molar-refractivity contribution in [2.75, 3.05) is 41.0 Å². The summed E-state index contributed by atoms with van der Waals surface area (Å²) >= 11 is 0. The van der Waals surface area contributed by atoms with E-state index in [1.807, 2.05) is 0 Å². The predicted molar refractivity (Wildman–Crippen MR) is 282 cm³/mol. The van der Waals surface area contributed by atoms with Gasteiger partial charge in [0.15, 0.2) is 6.10 Å². The Morgan fingerprint density at radius 2 is 0.836 bits per heavy atom. The number of ether oxygens (including phenoxy) is 3. The van der Waals surface area contributed by atoms with Crippen molar-refractivity contribution in [3.05, 3.63) is 72.9 Å². The number of rotatable bonds is 49. The van der Waals surface area contributed by atoms with E-state index >= 15 is 0 Å². The SMILES string of the molecule is CC/C=C/C/C=C/C/C=C/CCCCCCCCCCCCCC(=O)OCC(COCCC(C(=O)[O-])[N+](C)(C)C)OC(=O)CCCCCCCCCCC/C=C/C/C=C/C/C=C/CCCCC. The lowest BCUT2D eigenvalue weighted by molar-refractivity contribution is -0.889. The summed E-state index contributed by atoms with van der Waals surface area (Å²) in [7, 11) is 5.42. The van der Waals surface area contributed by atoms with Crippen LogP contribution in [0, 0.1) is 0 Å². The van der Waals surface area contributed by atoms with Gasteiger partial charge in [0.2, 0.25) is 0 Å². The van der Waals surface area contributed by atoms with E-state index in [0.717, 1.165) is 77.0 Å². The summed E-state index contributed by atoms with van der Waals surface area (Å²) in [5, 5.41) is 11.7. The maximum absolute atomic E-state index is 12.8. The smallest absolute Gasteiger partial charge is 0.306 e. The molecule has 0 aromatic heterocycles. The van der Waals surface area contributed by atoms with E-state index in [4.69, 9.17) is 14.2 Å². The van der Waals surface area contributed by atoms with Gasteiger partial charge < -0.3 is 28.6 Å². The monoisotopic (exact) mass is 938 g/mol. The molecule has 0 rings (SSSR count). The number of unbranched alkanes of at least 4 members (excludes halogenated alkanes) is 23. The molecule has 0 radical (unpaired) electrons. The van der Waals surface area contributed by atoms with Crippen LogP contribution < -0.4 is 5.11 Å². The molecule has 0 aromatic carbocycles. The third-order valence-corrected chi connectivity index (χ3v) is 12.1. The van der Waals surface area contributed by atoms with E-state index in [2.05, 4.69) is 86.8 Å². The molecule has 0 saturated carbocycles. The van der Waals surface area contributed by atoms with Gasteiger partial charge in [0.25, 0.3) is 0 Å². The summed E-state index contributed by atoms with van der Waals surface area (Å²) in [6.07, 6.45) is 63.6.